The minimum atomic E-state index is -0.690. The molecule has 0 amide bonds. The summed E-state index contributed by atoms with van der Waals surface area (Å²) in [6, 6.07) is 3.70. The summed E-state index contributed by atoms with van der Waals surface area (Å²) in [7, 11) is 0. The second kappa shape index (κ2) is 8.57. The van der Waals surface area contributed by atoms with Gasteiger partial charge in [0.05, 0.1) is 22.8 Å². The lowest BCUT2D eigenvalue weighted by Crippen LogP contribution is -2.11. The van der Waals surface area contributed by atoms with Crippen LogP contribution in [0.2, 0.25) is 0 Å². The second-order valence-corrected chi connectivity index (χ2v) is 8.15. The summed E-state index contributed by atoms with van der Waals surface area (Å²) in [6.07, 6.45) is 2.56. The van der Waals surface area contributed by atoms with Crippen LogP contribution in [0.25, 0.3) is 22.3 Å². The third-order valence-corrected chi connectivity index (χ3v) is 5.18. The van der Waals surface area contributed by atoms with Crippen LogP contribution in [0.15, 0.2) is 27.3 Å². The van der Waals surface area contributed by atoms with Gasteiger partial charge < -0.3 is 13.7 Å². The molecule has 4 rings (SSSR count). The smallest absolute Gasteiger partial charge is 0.339 e. The van der Waals surface area contributed by atoms with Crippen molar-refractivity contribution in [2.75, 3.05) is 0 Å². The highest BCUT2D eigenvalue weighted by Crippen LogP contribution is 2.31. The Balaban J connectivity index is 1.74. The first-order valence-corrected chi connectivity index (χ1v) is 10.8. The van der Waals surface area contributed by atoms with Crippen LogP contribution in [0, 0.1) is 13.8 Å². The lowest BCUT2D eigenvalue weighted by molar-refractivity contribution is 0.0267. The molecule has 0 aliphatic rings. The molecule has 4 aromatic rings. The predicted molar refractivity (Wildman–Crippen MR) is 117 cm³/mol. The lowest BCUT2D eigenvalue weighted by Gasteiger charge is -2.12. The Labute approximate surface area is 185 Å². The summed E-state index contributed by atoms with van der Waals surface area (Å²) in [5.74, 6) is 1.86. The molecule has 4 aromatic heterocycles. The fourth-order valence-corrected chi connectivity index (χ4v) is 3.62. The van der Waals surface area contributed by atoms with Crippen LogP contribution in [0.5, 0.6) is 0 Å². The number of furan rings is 1. The van der Waals surface area contributed by atoms with Crippen LogP contribution in [0.3, 0.4) is 0 Å². The van der Waals surface area contributed by atoms with Gasteiger partial charge in [-0.1, -0.05) is 12.1 Å². The monoisotopic (exact) mass is 437 g/mol. The van der Waals surface area contributed by atoms with Crippen molar-refractivity contribution in [2.45, 2.75) is 66.5 Å². The molecule has 0 aliphatic heterocycles. The van der Waals surface area contributed by atoms with Gasteiger partial charge >= 0.3 is 5.97 Å². The SMILES string of the molecule is CCCc1noc(C(C)OC(=O)c2cc(-c3cc(C)oc3C)nc3c2cnn3C(C)C)n1. The van der Waals surface area contributed by atoms with Gasteiger partial charge in [-0.25, -0.2) is 14.5 Å². The van der Waals surface area contributed by atoms with Crippen LogP contribution >= 0.6 is 0 Å². The van der Waals surface area contributed by atoms with Gasteiger partial charge in [0.2, 0.25) is 0 Å². The summed E-state index contributed by atoms with van der Waals surface area (Å²) in [5, 5.41) is 9.00. The first-order chi connectivity index (χ1) is 15.3. The Kier molecular flexibility index (Phi) is 5.82. The number of carbonyl (C=O) groups excluding carboxylic acids is 1. The van der Waals surface area contributed by atoms with E-state index < -0.39 is 12.1 Å². The first-order valence-electron chi connectivity index (χ1n) is 10.8. The molecule has 168 valence electrons. The van der Waals surface area contributed by atoms with E-state index in [-0.39, 0.29) is 11.9 Å². The Morgan fingerprint density at radius 2 is 1.97 bits per heavy atom. The highest BCUT2D eigenvalue weighted by Gasteiger charge is 2.24. The fourth-order valence-electron chi connectivity index (χ4n) is 3.62. The Hall–Kier alpha value is -3.49. The number of ether oxygens (including phenoxy) is 1. The standard InChI is InChI=1S/C23H27N5O4/c1-7-8-20-26-22(32-27-20)15(6)31-23(29)17-10-19(16-9-13(4)30-14(16)5)25-21-18(17)11-24-28(21)12(2)3/h9-12,15H,7-8H2,1-6H3. The number of carbonyl (C=O) groups is 1. The van der Waals surface area contributed by atoms with Crippen molar-refractivity contribution in [1.82, 2.24) is 24.9 Å². The van der Waals surface area contributed by atoms with Crippen molar-refractivity contribution < 1.29 is 18.5 Å². The van der Waals surface area contributed by atoms with E-state index in [1.54, 1.807) is 23.9 Å². The highest BCUT2D eigenvalue weighted by atomic mass is 16.6. The van der Waals surface area contributed by atoms with Crippen molar-refractivity contribution in [2.24, 2.45) is 0 Å². The molecular formula is C23H27N5O4. The van der Waals surface area contributed by atoms with E-state index in [9.17, 15) is 4.79 Å². The maximum atomic E-state index is 13.2. The number of esters is 1. The Morgan fingerprint density at radius 3 is 2.62 bits per heavy atom. The molecule has 9 nitrogen and oxygen atoms in total. The van der Waals surface area contributed by atoms with Gasteiger partial charge in [0.15, 0.2) is 17.6 Å². The number of fused-ring (bicyclic) bond motifs is 1. The maximum Gasteiger partial charge on any atom is 0.339 e. The minimum Gasteiger partial charge on any atom is -0.466 e. The van der Waals surface area contributed by atoms with Gasteiger partial charge in [-0.3, -0.25) is 0 Å². The summed E-state index contributed by atoms with van der Waals surface area (Å²) < 4.78 is 18.4. The van der Waals surface area contributed by atoms with Crippen molar-refractivity contribution >= 4 is 17.0 Å². The molecule has 0 spiro atoms. The third-order valence-electron chi connectivity index (χ3n) is 5.18. The number of rotatable bonds is 7. The van der Waals surface area contributed by atoms with E-state index in [1.807, 2.05) is 40.7 Å². The molecule has 9 heteroatoms. The molecule has 4 heterocycles. The van der Waals surface area contributed by atoms with Crippen molar-refractivity contribution in [3.8, 4) is 11.3 Å². The van der Waals surface area contributed by atoms with E-state index in [1.165, 1.54) is 0 Å². The number of aromatic nitrogens is 5. The van der Waals surface area contributed by atoms with E-state index in [2.05, 4.69) is 15.2 Å². The molecule has 0 saturated heterocycles. The number of nitrogens with zero attached hydrogens (tertiary/aromatic N) is 5. The second-order valence-electron chi connectivity index (χ2n) is 8.15. The topological polar surface area (TPSA) is 109 Å². The van der Waals surface area contributed by atoms with Crippen LogP contribution < -0.4 is 0 Å². The van der Waals surface area contributed by atoms with Crippen LogP contribution in [0.4, 0.5) is 0 Å². The molecular weight excluding hydrogens is 410 g/mol. The molecule has 1 unspecified atom stereocenters. The van der Waals surface area contributed by atoms with Gasteiger partial charge in [-0.15, -0.1) is 0 Å². The third kappa shape index (κ3) is 4.02. The van der Waals surface area contributed by atoms with Crippen molar-refractivity contribution in [3.63, 3.8) is 0 Å². The Morgan fingerprint density at radius 1 is 1.19 bits per heavy atom. The largest absolute Gasteiger partial charge is 0.466 e. The molecule has 0 aliphatic carbocycles. The molecule has 0 bridgehead atoms. The fraction of sp³-hybridized carbons (Fsp3) is 0.435. The molecule has 0 saturated carbocycles. The van der Waals surface area contributed by atoms with Crippen molar-refractivity contribution in [1.29, 1.82) is 0 Å². The van der Waals surface area contributed by atoms with E-state index in [4.69, 9.17) is 18.7 Å². The predicted octanol–water partition coefficient (Wildman–Crippen LogP) is 5.14. The van der Waals surface area contributed by atoms with Gasteiger partial charge in [-0.05, 0) is 53.2 Å². The van der Waals surface area contributed by atoms with E-state index in [0.717, 1.165) is 23.5 Å². The van der Waals surface area contributed by atoms with Gasteiger partial charge in [0, 0.05) is 18.0 Å². The molecule has 1 atom stereocenters. The maximum absolute atomic E-state index is 13.2. The normalized spacial score (nSPS) is 12.6. The molecule has 0 aromatic carbocycles. The summed E-state index contributed by atoms with van der Waals surface area (Å²) in [4.78, 5) is 22.3. The van der Waals surface area contributed by atoms with Crippen molar-refractivity contribution in [3.05, 3.63) is 47.1 Å². The van der Waals surface area contributed by atoms with Crippen LogP contribution in [0.1, 0.15) is 79.9 Å². The van der Waals surface area contributed by atoms with E-state index >= 15 is 0 Å². The number of hydrogen-bond acceptors (Lipinski definition) is 8. The molecule has 0 fully saturated rings. The van der Waals surface area contributed by atoms with Gasteiger partial charge in [-0.2, -0.15) is 10.1 Å². The highest BCUT2D eigenvalue weighted by molar-refractivity contribution is 6.03. The molecule has 0 radical (unpaired) electrons. The zero-order valence-corrected chi connectivity index (χ0v) is 19.2. The number of pyridine rings is 1. The summed E-state index contributed by atoms with van der Waals surface area (Å²) >= 11 is 0. The quantitative estimate of drug-likeness (QED) is 0.366. The lowest BCUT2D eigenvalue weighted by atomic mass is 10.1. The van der Waals surface area contributed by atoms with Gasteiger partial charge in [0.1, 0.15) is 11.5 Å². The minimum absolute atomic E-state index is 0.0700. The number of hydrogen-bond donors (Lipinski definition) is 0. The molecule has 0 N–H and O–H groups in total. The zero-order valence-electron chi connectivity index (χ0n) is 19.2. The van der Waals surface area contributed by atoms with Gasteiger partial charge in [0.25, 0.3) is 5.89 Å². The summed E-state index contributed by atoms with van der Waals surface area (Å²) in [5.41, 5.74) is 2.43. The van der Waals surface area contributed by atoms with Crippen LogP contribution in [-0.2, 0) is 11.2 Å². The van der Waals surface area contributed by atoms with Crippen LogP contribution in [-0.4, -0.2) is 30.9 Å². The first kappa shape index (κ1) is 21.7. The number of aryl methyl sites for hydroxylation is 3. The average molecular weight is 438 g/mol. The summed E-state index contributed by atoms with van der Waals surface area (Å²) in [6.45, 7) is 11.5. The molecule has 32 heavy (non-hydrogen) atoms. The zero-order chi connectivity index (χ0) is 23.0. The average Bonchev–Trinajstić information content (AvgIpc) is 3.45. The van der Waals surface area contributed by atoms with E-state index in [0.29, 0.717) is 34.5 Å². The Bertz CT molecular complexity index is 1270.